The Kier molecular flexibility index (Phi) is 3.52. The number of carbonyl (C=O) groups is 1. The highest BCUT2D eigenvalue weighted by Crippen LogP contribution is 2.36. The largest absolute Gasteiger partial charge is 0.467 e. The number of anilines is 1. The zero-order chi connectivity index (χ0) is 12.4. The van der Waals surface area contributed by atoms with E-state index in [1.807, 2.05) is 0 Å². The van der Waals surface area contributed by atoms with E-state index in [-0.39, 0.29) is 11.9 Å². The van der Waals surface area contributed by atoms with Crippen LogP contribution in [0.5, 0.6) is 0 Å². The normalized spacial score (nSPS) is 16.4. The lowest BCUT2D eigenvalue weighted by atomic mass is 10.1. The van der Waals surface area contributed by atoms with E-state index in [2.05, 4.69) is 5.32 Å². The minimum Gasteiger partial charge on any atom is -0.467 e. The first-order chi connectivity index (χ1) is 8.11. The zero-order valence-electron chi connectivity index (χ0n) is 9.37. The molecule has 92 valence electrons. The summed E-state index contributed by atoms with van der Waals surface area (Å²) in [7, 11) is 1.34. The number of halogens is 2. The van der Waals surface area contributed by atoms with Crippen molar-refractivity contribution in [3.8, 4) is 0 Å². The van der Waals surface area contributed by atoms with Crippen LogP contribution in [0, 0.1) is 11.7 Å². The highest BCUT2D eigenvalue weighted by molar-refractivity contribution is 6.33. The fourth-order valence-corrected chi connectivity index (χ4v) is 1.87. The number of methoxy groups -OCH3 is 1. The maximum atomic E-state index is 13.1. The SMILES string of the molecule is COC(=O)C(Nc1cc(F)ccc1Cl)C1CC1. The Morgan fingerprint density at radius 3 is 2.88 bits per heavy atom. The molecule has 1 aliphatic rings. The predicted molar refractivity (Wildman–Crippen MR) is 63.6 cm³/mol. The fourth-order valence-electron chi connectivity index (χ4n) is 1.70. The smallest absolute Gasteiger partial charge is 0.328 e. The maximum absolute atomic E-state index is 13.1. The fraction of sp³-hybridized carbons (Fsp3) is 0.417. The molecule has 0 spiro atoms. The third kappa shape index (κ3) is 2.88. The van der Waals surface area contributed by atoms with E-state index in [1.54, 1.807) is 0 Å². The Morgan fingerprint density at radius 2 is 2.29 bits per heavy atom. The Hall–Kier alpha value is -1.29. The van der Waals surface area contributed by atoms with Gasteiger partial charge in [-0.25, -0.2) is 9.18 Å². The highest BCUT2D eigenvalue weighted by atomic mass is 35.5. The van der Waals surface area contributed by atoms with Gasteiger partial charge in [-0.15, -0.1) is 0 Å². The molecular weight excluding hydrogens is 245 g/mol. The van der Waals surface area contributed by atoms with Crippen molar-refractivity contribution in [1.29, 1.82) is 0 Å². The molecule has 0 aromatic heterocycles. The molecule has 1 saturated carbocycles. The van der Waals surface area contributed by atoms with Crippen LogP contribution in [0.25, 0.3) is 0 Å². The van der Waals surface area contributed by atoms with E-state index in [9.17, 15) is 9.18 Å². The summed E-state index contributed by atoms with van der Waals surface area (Å²) in [5.41, 5.74) is 0.425. The molecule has 1 fully saturated rings. The van der Waals surface area contributed by atoms with Gasteiger partial charge in [-0.1, -0.05) is 11.6 Å². The first kappa shape index (κ1) is 12.2. The molecule has 1 aromatic rings. The second-order valence-electron chi connectivity index (χ2n) is 4.11. The predicted octanol–water partition coefficient (Wildman–Crippen LogP) is 2.84. The number of carbonyl (C=O) groups excluding carboxylic acids is 1. The average molecular weight is 258 g/mol. The number of hydrogen-bond acceptors (Lipinski definition) is 3. The van der Waals surface area contributed by atoms with Crippen molar-refractivity contribution in [3.63, 3.8) is 0 Å². The lowest BCUT2D eigenvalue weighted by Gasteiger charge is -2.17. The van der Waals surface area contributed by atoms with Gasteiger partial charge in [0.05, 0.1) is 17.8 Å². The molecule has 17 heavy (non-hydrogen) atoms. The molecule has 1 unspecified atom stereocenters. The molecule has 1 aromatic carbocycles. The lowest BCUT2D eigenvalue weighted by Crippen LogP contribution is -2.32. The summed E-state index contributed by atoms with van der Waals surface area (Å²) in [6.45, 7) is 0. The van der Waals surface area contributed by atoms with Gasteiger partial charge in [0.15, 0.2) is 0 Å². The van der Waals surface area contributed by atoms with E-state index in [4.69, 9.17) is 16.3 Å². The second kappa shape index (κ2) is 4.92. The van der Waals surface area contributed by atoms with Crippen LogP contribution in [-0.2, 0) is 9.53 Å². The van der Waals surface area contributed by atoms with Crippen molar-refractivity contribution in [2.75, 3.05) is 12.4 Å². The van der Waals surface area contributed by atoms with Crippen molar-refractivity contribution >= 4 is 23.3 Å². The third-order valence-electron chi connectivity index (χ3n) is 2.79. The van der Waals surface area contributed by atoms with Gasteiger partial charge in [0.25, 0.3) is 0 Å². The quantitative estimate of drug-likeness (QED) is 0.843. The van der Waals surface area contributed by atoms with Gasteiger partial charge in [-0.3, -0.25) is 0 Å². The number of esters is 1. The molecule has 0 amide bonds. The Labute approximate surface area is 104 Å². The average Bonchev–Trinajstić information content (AvgIpc) is 3.13. The molecule has 0 bridgehead atoms. The van der Waals surface area contributed by atoms with Crippen molar-refractivity contribution in [1.82, 2.24) is 0 Å². The molecule has 0 heterocycles. The van der Waals surface area contributed by atoms with Crippen molar-refractivity contribution < 1.29 is 13.9 Å². The van der Waals surface area contributed by atoms with Crippen molar-refractivity contribution in [2.24, 2.45) is 5.92 Å². The first-order valence-corrected chi connectivity index (χ1v) is 5.79. The van der Waals surface area contributed by atoms with E-state index in [1.165, 1.54) is 25.3 Å². The summed E-state index contributed by atoms with van der Waals surface area (Å²) in [4.78, 5) is 11.6. The molecule has 0 radical (unpaired) electrons. The molecule has 0 aliphatic heterocycles. The highest BCUT2D eigenvalue weighted by Gasteiger charge is 2.37. The Balaban J connectivity index is 2.16. The van der Waals surface area contributed by atoms with Crippen LogP contribution >= 0.6 is 11.6 Å². The van der Waals surface area contributed by atoms with Crippen LogP contribution in [0.3, 0.4) is 0 Å². The Morgan fingerprint density at radius 1 is 1.59 bits per heavy atom. The van der Waals surface area contributed by atoms with Crippen LogP contribution < -0.4 is 5.32 Å². The molecule has 3 nitrogen and oxygen atoms in total. The minimum atomic E-state index is -0.445. The van der Waals surface area contributed by atoms with E-state index < -0.39 is 11.9 Å². The first-order valence-electron chi connectivity index (χ1n) is 5.41. The number of rotatable bonds is 4. The third-order valence-corrected chi connectivity index (χ3v) is 3.12. The van der Waals surface area contributed by atoms with Gasteiger partial charge in [-0.05, 0) is 37.0 Å². The van der Waals surface area contributed by atoms with Gasteiger partial charge < -0.3 is 10.1 Å². The van der Waals surface area contributed by atoms with Crippen molar-refractivity contribution in [3.05, 3.63) is 29.0 Å². The van der Waals surface area contributed by atoms with Gasteiger partial charge in [0.2, 0.25) is 0 Å². The maximum Gasteiger partial charge on any atom is 0.328 e. The van der Waals surface area contributed by atoms with Gasteiger partial charge >= 0.3 is 5.97 Å². The zero-order valence-corrected chi connectivity index (χ0v) is 10.1. The lowest BCUT2D eigenvalue weighted by molar-refractivity contribution is -0.142. The molecule has 5 heteroatoms. The summed E-state index contributed by atoms with van der Waals surface area (Å²) in [5, 5.41) is 3.34. The topological polar surface area (TPSA) is 38.3 Å². The van der Waals surface area contributed by atoms with E-state index in [0.29, 0.717) is 10.7 Å². The Bertz CT molecular complexity index is 435. The molecule has 1 atom stereocenters. The minimum absolute atomic E-state index is 0.252. The standard InChI is InChI=1S/C12H13ClFNO2/c1-17-12(16)11(7-2-3-7)15-10-6-8(14)4-5-9(10)13/h4-7,11,15H,2-3H2,1H3. The second-order valence-corrected chi connectivity index (χ2v) is 4.51. The van der Waals surface area contributed by atoms with Gasteiger partial charge in [-0.2, -0.15) is 0 Å². The van der Waals surface area contributed by atoms with Crippen molar-refractivity contribution in [2.45, 2.75) is 18.9 Å². The van der Waals surface area contributed by atoms with Crippen LogP contribution in [-0.4, -0.2) is 19.1 Å². The van der Waals surface area contributed by atoms with Gasteiger partial charge in [0.1, 0.15) is 11.9 Å². The van der Waals surface area contributed by atoms with Crippen LogP contribution in [0.2, 0.25) is 5.02 Å². The monoisotopic (exact) mass is 257 g/mol. The van der Waals surface area contributed by atoms with E-state index in [0.717, 1.165) is 12.8 Å². The number of hydrogen-bond donors (Lipinski definition) is 1. The summed E-state index contributed by atoms with van der Waals surface area (Å²) >= 11 is 5.93. The van der Waals surface area contributed by atoms with Crippen LogP contribution in [0.1, 0.15) is 12.8 Å². The molecule has 2 rings (SSSR count). The summed E-state index contributed by atoms with van der Waals surface area (Å²) in [6, 6.07) is 3.57. The van der Waals surface area contributed by atoms with Gasteiger partial charge in [0, 0.05) is 0 Å². The molecule has 0 saturated heterocycles. The number of ether oxygens (including phenoxy) is 1. The number of nitrogens with one attached hydrogen (secondary N) is 1. The summed E-state index contributed by atoms with van der Waals surface area (Å²) in [5.74, 6) is -0.481. The van der Waals surface area contributed by atoms with Crippen LogP contribution in [0.15, 0.2) is 18.2 Å². The summed E-state index contributed by atoms with van der Waals surface area (Å²) in [6.07, 6.45) is 1.94. The molecule has 1 N–H and O–H groups in total. The summed E-state index contributed by atoms with van der Waals surface area (Å²) < 4.78 is 17.8. The molecular formula is C12H13ClFNO2. The number of benzene rings is 1. The van der Waals surface area contributed by atoms with Crippen LogP contribution in [0.4, 0.5) is 10.1 Å². The van der Waals surface area contributed by atoms with E-state index >= 15 is 0 Å². The molecule has 1 aliphatic carbocycles.